The second kappa shape index (κ2) is 12.0. The van der Waals surface area contributed by atoms with Crippen LogP contribution in [-0.4, -0.2) is 58.7 Å². The van der Waals surface area contributed by atoms with Gasteiger partial charge in [0.2, 0.25) is 5.82 Å². The maximum Gasteiger partial charge on any atom is 0.200 e. The quantitative estimate of drug-likeness (QED) is 0.439. The standard InChI is InChI=1S/C15H22F2O6/c1-19-3-2-4-21-11-22-6-5-20-7-8-23-12-9-13(16)15(17)14(18)10-12/h9-10,18H,2-8,11H2,1H3. The van der Waals surface area contributed by atoms with Gasteiger partial charge in [-0.15, -0.1) is 0 Å². The molecule has 8 heteroatoms. The lowest BCUT2D eigenvalue weighted by Gasteiger charge is -2.09. The Hall–Kier alpha value is -1.48. The van der Waals surface area contributed by atoms with Gasteiger partial charge in [0.15, 0.2) is 11.6 Å². The summed E-state index contributed by atoms with van der Waals surface area (Å²) in [6, 6.07) is 1.86. The predicted molar refractivity (Wildman–Crippen MR) is 77.6 cm³/mol. The molecular formula is C15H22F2O6. The van der Waals surface area contributed by atoms with Crippen molar-refractivity contribution < 1.29 is 37.6 Å². The van der Waals surface area contributed by atoms with Gasteiger partial charge >= 0.3 is 0 Å². The Morgan fingerprint density at radius 3 is 2.35 bits per heavy atom. The van der Waals surface area contributed by atoms with E-state index in [2.05, 4.69) is 0 Å². The minimum Gasteiger partial charge on any atom is -0.505 e. The van der Waals surface area contributed by atoms with Crippen molar-refractivity contribution in [1.82, 2.24) is 0 Å². The van der Waals surface area contributed by atoms with E-state index in [1.165, 1.54) is 0 Å². The molecule has 0 atom stereocenters. The molecule has 0 saturated heterocycles. The summed E-state index contributed by atoms with van der Waals surface area (Å²) >= 11 is 0. The van der Waals surface area contributed by atoms with Crippen LogP contribution >= 0.6 is 0 Å². The fourth-order valence-corrected chi connectivity index (χ4v) is 1.55. The van der Waals surface area contributed by atoms with E-state index in [-0.39, 0.29) is 25.8 Å². The number of phenolic OH excluding ortho intramolecular Hbond substituents is 1. The number of phenols is 1. The summed E-state index contributed by atoms with van der Waals surface area (Å²) in [5, 5.41) is 9.11. The van der Waals surface area contributed by atoms with Crippen molar-refractivity contribution in [3.63, 3.8) is 0 Å². The zero-order valence-corrected chi connectivity index (χ0v) is 13.1. The summed E-state index contributed by atoms with van der Waals surface area (Å²) in [4.78, 5) is 0. The molecule has 1 N–H and O–H groups in total. The highest BCUT2D eigenvalue weighted by Gasteiger charge is 2.10. The monoisotopic (exact) mass is 336 g/mol. The molecule has 0 bridgehead atoms. The minimum atomic E-state index is -1.30. The Bertz CT molecular complexity index is 421. The van der Waals surface area contributed by atoms with Crippen molar-refractivity contribution in [1.29, 1.82) is 0 Å². The number of hydrogen-bond acceptors (Lipinski definition) is 6. The summed E-state index contributed by atoms with van der Waals surface area (Å²) in [6.07, 6.45) is 0.813. The van der Waals surface area contributed by atoms with Crippen LogP contribution in [0.1, 0.15) is 6.42 Å². The van der Waals surface area contributed by atoms with Gasteiger partial charge in [0, 0.05) is 25.8 Å². The molecule has 0 saturated carbocycles. The minimum absolute atomic E-state index is 0.0331. The van der Waals surface area contributed by atoms with Crippen molar-refractivity contribution in [3.8, 4) is 11.5 Å². The van der Waals surface area contributed by atoms with E-state index >= 15 is 0 Å². The summed E-state index contributed by atoms with van der Waals surface area (Å²) in [5.41, 5.74) is 0. The Kier molecular flexibility index (Phi) is 10.2. The molecule has 0 aliphatic carbocycles. The molecule has 23 heavy (non-hydrogen) atoms. The average Bonchev–Trinajstić information content (AvgIpc) is 2.53. The first kappa shape index (κ1) is 19.6. The highest BCUT2D eigenvalue weighted by molar-refractivity contribution is 5.34. The lowest BCUT2D eigenvalue weighted by molar-refractivity contribution is -0.0731. The van der Waals surface area contributed by atoms with Crippen LogP contribution in [0.4, 0.5) is 8.78 Å². The number of aromatic hydroxyl groups is 1. The number of halogens is 2. The second-order valence-corrected chi connectivity index (χ2v) is 4.48. The predicted octanol–water partition coefficient (Wildman–Crippen LogP) is 2.09. The van der Waals surface area contributed by atoms with Crippen molar-refractivity contribution in [2.45, 2.75) is 6.42 Å². The van der Waals surface area contributed by atoms with Crippen LogP contribution in [0.2, 0.25) is 0 Å². The maximum absolute atomic E-state index is 13.0. The van der Waals surface area contributed by atoms with Gasteiger partial charge in [0.05, 0.1) is 26.4 Å². The van der Waals surface area contributed by atoms with Gasteiger partial charge in [-0.25, -0.2) is 4.39 Å². The third kappa shape index (κ3) is 8.65. The van der Waals surface area contributed by atoms with E-state index in [0.29, 0.717) is 26.4 Å². The van der Waals surface area contributed by atoms with Gasteiger partial charge in [0.25, 0.3) is 0 Å². The Labute approximate surface area is 133 Å². The second-order valence-electron chi connectivity index (χ2n) is 4.48. The first-order chi connectivity index (χ1) is 11.1. The third-order valence-electron chi connectivity index (χ3n) is 2.65. The van der Waals surface area contributed by atoms with E-state index in [1.807, 2.05) is 0 Å². The Morgan fingerprint density at radius 1 is 0.913 bits per heavy atom. The molecule has 0 aliphatic heterocycles. The number of hydrogen-bond donors (Lipinski definition) is 1. The summed E-state index contributed by atoms with van der Waals surface area (Å²) < 4.78 is 51.4. The molecule has 1 aromatic rings. The molecule has 0 amide bonds. The lowest BCUT2D eigenvalue weighted by atomic mass is 10.3. The van der Waals surface area contributed by atoms with E-state index in [1.54, 1.807) is 7.11 Å². The van der Waals surface area contributed by atoms with Gasteiger partial charge in [-0.3, -0.25) is 0 Å². The lowest BCUT2D eigenvalue weighted by Crippen LogP contribution is -2.12. The zero-order valence-electron chi connectivity index (χ0n) is 13.1. The molecule has 0 unspecified atom stereocenters. The summed E-state index contributed by atoms with van der Waals surface area (Å²) in [6.45, 7) is 2.53. The van der Waals surface area contributed by atoms with Crippen LogP contribution in [0.3, 0.4) is 0 Å². The molecule has 0 fully saturated rings. The number of ether oxygens (including phenoxy) is 5. The van der Waals surface area contributed by atoms with Gasteiger partial charge < -0.3 is 28.8 Å². The first-order valence-corrected chi connectivity index (χ1v) is 7.18. The molecular weight excluding hydrogens is 314 g/mol. The van der Waals surface area contributed by atoms with Crippen molar-refractivity contribution in [2.24, 2.45) is 0 Å². The van der Waals surface area contributed by atoms with Crippen molar-refractivity contribution in [2.75, 3.05) is 53.5 Å². The fraction of sp³-hybridized carbons (Fsp3) is 0.600. The number of rotatable bonds is 13. The van der Waals surface area contributed by atoms with E-state index in [0.717, 1.165) is 18.6 Å². The molecule has 0 radical (unpaired) electrons. The highest BCUT2D eigenvalue weighted by Crippen LogP contribution is 2.25. The zero-order chi connectivity index (χ0) is 16.9. The molecule has 0 aliphatic rings. The first-order valence-electron chi connectivity index (χ1n) is 7.18. The average molecular weight is 336 g/mol. The Balaban J connectivity index is 1.96. The van der Waals surface area contributed by atoms with Crippen LogP contribution in [0.15, 0.2) is 12.1 Å². The van der Waals surface area contributed by atoms with Crippen LogP contribution in [-0.2, 0) is 18.9 Å². The van der Waals surface area contributed by atoms with E-state index in [4.69, 9.17) is 28.8 Å². The molecule has 0 spiro atoms. The number of benzene rings is 1. The molecule has 0 aromatic heterocycles. The molecule has 0 heterocycles. The van der Waals surface area contributed by atoms with E-state index < -0.39 is 17.4 Å². The van der Waals surface area contributed by atoms with Crippen LogP contribution in [0.5, 0.6) is 11.5 Å². The van der Waals surface area contributed by atoms with Crippen LogP contribution in [0, 0.1) is 11.6 Å². The smallest absolute Gasteiger partial charge is 0.200 e. The largest absolute Gasteiger partial charge is 0.505 e. The Morgan fingerprint density at radius 2 is 1.61 bits per heavy atom. The topological polar surface area (TPSA) is 66.4 Å². The maximum atomic E-state index is 13.0. The highest BCUT2D eigenvalue weighted by atomic mass is 19.2. The summed E-state index contributed by atoms with van der Waals surface area (Å²) in [7, 11) is 1.63. The van der Waals surface area contributed by atoms with Gasteiger partial charge in [-0.2, -0.15) is 4.39 Å². The molecule has 1 aromatic carbocycles. The van der Waals surface area contributed by atoms with Crippen molar-refractivity contribution in [3.05, 3.63) is 23.8 Å². The van der Waals surface area contributed by atoms with Crippen LogP contribution in [0.25, 0.3) is 0 Å². The molecule has 132 valence electrons. The van der Waals surface area contributed by atoms with Gasteiger partial charge in [-0.1, -0.05) is 0 Å². The van der Waals surface area contributed by atoms with Gasteiger partial charge in [-0.05, 0) is 6.42 Å². The molecule has 1 rings (SSSR count). The normalized spacial score (nSPS) is 10.9. The van der Waals surface area contributed by atoms with Crippen molar-refractivity contribution >= 4 is 0 Å². The summed E-state index contributed by atoms with van der Waals surface area (Å²) in [5.74, 6) is -3.22. The van der Waals surface area contributed by atoms with Crippen LogP contribution < -0.4 is 4.74 Å². The SMILES string of the molecule is COCCCOCOCCOCCOc1cc(O)c(F)c(F)c1. The molecule has 6 nitrogen and oxygen atoms in total. The fourth-order valence-electron chi connectivity index (χ4n) is 1.55. The third-order valence-corrected chi connectivity index (χ3v) is 2.65. The van der Waals surface area contributed by atoms with Gasteiger partial charge in [0.1, 0.15) is 19.1 Å². The number of methoxy groups -OCH3 is 1. The van der Waals surface area contributed by atoms with E-state index in [9.17, 15) is 8.78 Å².